The highest BCUT2D eigenvalue weighted by Crippen LogP contribution is 2.37. The molecule has 4 rings (SSSR count). The Morgan fingerprint density at radius 1 is 1.10 bits per heavy atom. The number of rotatable bonds is 3. The number of hydrogen-bond donors (Lipinski definition) is 1. The Morgan fingerprint density at radius 2 is 1.79 bits per heavy atom. The highest BCUT2D eigenvalue weighted by Gasteiger charge is 2.22. The SMILES string of the molecule is COc1nc(-c2c(O)c3ccccc3n(C)c2=O)cc(-c2ccccc2)c1C#N. The normalized spacial score (nSPS) is 10.7. The van der Waals surface area contributed by atoms with Gasteiger partial charge in [0.1, 0.15) is 22.9 Å². The van der Waals surface area contributed by atoms with Crippen molar-refractivity contribution in [2.24, 2.45) is 7.05 Å². The molecule has 29 heavy (non-hydrogen) atoms. The van der Waals surface area contributed by atoms with E-state index in [0.29, 0.717) is 16.5 Å². The average molecular weight is 383 g/mol. The Bertz CT molecular complexity index is 1340. The lowest BCUT2D eigenvalue weighted by molar-refractivity contribution is 0.397. The van der Waals surface area contributed by atoms with Gasteiger partial charge in [0.15, 0.2) is 0 Å². The number of methoxy groups -OCH3 is 1. The van der Waals surface area contributed by atoms with Crippen LogP contribution in [0.5, 0.6) is 11.6 Å². The van der Waals surface area contributed by atoms with Crippen molar-refractivity contribution in [3.63, 3.8) is 0 Å². The monoisotopic (exact) mass is 383 g/mol. The highest BCUT2D eigenvalue weighted by molar-refractivity contribution is 5.92. The Morgan fingerprint density at radius 3 is 2.48 bits per heavy atom. The lowest BCUT2D eigenvalue weighted by Crippen LogP contribution is -2.19. The van der Waals surface area contributed by atoms with Crippen LogP contribution in [-0.4, -0.2) is 21.8 Å². The van der Waals surface area contributed by atoms with E-state index in [1.165, 1.54) is 11.7 Å². The molecule has 2 aromatic heterocycles. The van der Waals surface area contributed by atoms with Gasteiger partial charge >= 0.3 is 0 Å². The third-order valence-electron chi connectivity index (χ3n) is 4.91. The Labute approximate surface area is 166 Å². The fourth-order valence-corrected chi connectivity index (χ4v) is 3.46. The second-order valence-electron chi connectivity index (χ2n) is 6.52. The largest absolute Gasteiger partial charge is 0.506 e. The van der Waals surface area contributed by atoms with Crippen LogP contribution in [0.2, 0.25) is 0 Å². The first kappa shape index (κ1) is 18.3. The number of nitrogens with zero attached hydrogens (tertiary/aromatic N) is 3. The molecular weight excluding hydrogens is 366 g/mol. The van der Waals surface area contributed by atoms with Crippen molar-refractivity contribution in [3.8, 4) is 40.1 Å². The highest BCUT2D eigenvalue weighted by atomic mass is 16.5. The van der Waals surface area contributed by atoms with Crippen molar-refractivity contribution in [2.75, 3.05) is 7.11 Å². The Kier molecular flexibility index (Phi) is 4.49. The summed E-state index contributed by atoms with van der Waals surface area (Å²) < 4.78 is 6.81. The van der Waals surface area contributed by atoms with Gasteiger partial charge in [-0.3, -0.25) is 4.79 Å². The van der Waals surface area contributed by atoms with Crippen molar-refractivity contribution in [1.29, 1.82) is 5.26 Å². The summed E-state index contributed by atoms with van der Waals surface area (Å²) in [5.74, 6) is -0.0552. The van der Waals surface area contributed by atoms with E-state index >= 15 is 0 Å². The molecule has 0 aliphatic rings. The van der Waals surface area contributed by atoms with Gasteiger partial charge in [0.05, 0.1) is 18.3 Å². The van der Waals surface area contributed by atoms with Crippen molar-refractivity contribution in [2.45, 2.75) is 0 Å². The first-order chi connectivity index (χ1) is 14.1. The topological polar surface area (TPSA) is 88.1 Å². The molecule has 0 spiro atoms. The van der Waals surface area contributed by atoms with Gasteiger partial charge < -0.3 is 14.4 Å². The molecule has 2 heterocycles. The maximum atomic E-state index is 13.1. The molecule has 0 fully saturated rings. The molecule has 0 radical (unpaired) electrons. The predicted molar refractivity (Wildman–Crippen MR) is 111 cm³/mol. The fourth-order valence-electron chi connectivity index (χ4n) is 3.46. The minimum atomic E-state index is -0.389. The molecule has 0 amide bonds. The van der Waals surface area contributed by atoms with Crippen molar-refractivity contribution in [3.05, 3.63) is 76.6 Å². The molecule has 0 bridgehead atoms. The van der Waals surface area contributed by atoms with E-state index in [1.54, 1.807) is 37.4 Å². The molecule has 0 unspecified atom stereocenters. The summed E-state index contributed by atoms with van der Waals surface area (Å²) in [4.78, 5) is 17.4. The van der Waals surface area contributed by atoms with E-state index in [4.69, 9.17) is 4.74 Å². The van der Waals surface area contributed by atoms with Crippen LogP contribution in [0.3, 0.4) is 0 Å². The second-order valence-corrected chi connectivity index (χ2v) is 6.52. The van der Waals surface area contributed by atoms with Crippen LogP contribution in [0.4, 0.5) is 0 Å². The van der Waals surface area contributed by atoms with Crippen LogP contribution in [-0.2, 0) is 7.05 Å². The smallest absolute Gasteiger partial charge is 0.264 e. The third-order valence-corrected chi connectivity index (χ3v) is 4.91. The van der Waals surface area contributed by atoms with Gasteiger partial charge in [0, 0.05) is 18.0 Å². The maximum absolute atomic E-state index is 13.1. The van der Waals surface area contributed by atoms with Crippen LogP contribution in [0.15, 0.2) is 65.5 Å². The molecule has 6 nitrogen and oxygen atoms in total. The summed E-state index contributed by atoms with van der Waals surface area (Å²) in [5.41, 5.74) is 2.14. The van der Waals surface area contributed by atoms with E-state index in [-0.39, 0.29) is 34.0 Å². The van der Waals surface area contributed by atoms with Crippen molar-refractivity contribution in [1.82, 2.24) is 9.55 Å². The van der Waals surface area contributed by atoms with Crippen LogP contribution < -0.4 is 10.3 Å². The van der Waals surface area contributed by atoms with Crippen LogP contribution in [0.1, 0.15) is 5.56 Å². The minimum Gasteiger partial charge on any atom is -0.506 e. The quantitative estimate of drug-likeness (QED) is 0.580. The summed E-state index contributed by atoms with van der Waals surface area (Å²) in [5, 5.41) is 21.1. The van der Waals surface area contributed by atoms with Crippen LogP contribution in [0.25, 0.3) is 33.3 Å². The number of pyridine rings is 2. The number of nitriles is 1. The number of aromatic hydroxyl groups is 1. The Balaban J connectivity index is 2.10. The molecule has 2 aromatic carbocycles. The van der Waals surface area contributed by atoms with E-state index in [9.17, 15) is 15.2 Å². The summed E-state index contributed by atoms with van der Waals surface area (Å²) in [6, 6.07) is 20.2. The minimum absolute atomic E-state index is 0.0613. The summed E-state index contributed by atoms with van der Waals surface area (Å²) in [6.07, 6.45) is 0. The average Bonchev–Trinajstić information content (AvgIpc) is 2.77. The number of benzene rings is 2. The molecule has 6 heteroatoms. The van der Waals surface area contributed by atoms with Gasteiger partial charge in [0.2, 0.25) is 5.88 Å². The maximum Gasteiger partial charge on any atom is 0.264 e. The zero-order valence-corrected chi connectivity index (χ0v) is 15.9. The van der Waals surface area contributed by atoms with Gasteiger partial charge in [-0.2, -0.15) is 5.26 Å². The third kappa shape index (κ3) is 2.89. The van der Waals surface area contributed by atoms with Crippen LogP contribution >= 0.6 is 0 Å². The first-order valence-electron chi connectivity index (χ1n) is 8.92. The number of hydrogen-bond acceptors (Lipinski definition) is 5. The molecule has 0 saturated heterocycles. The lowest BCUT2D eigenvalue weighted by Gasteiger charge is -2.14. The molecular formula is C23H17N3O3. The van der Waals surface area contributed by atoms with Gasteiger partial charge in [-0.1, -0.05) is 42.5 Å². The predicted octanol–water partition coefficient (Wildman–Crippen LogP) is 3.85. The zero-order chi connectivity index (χ0) is 20.5. The number of fused-ring (bicyclic) bond motifs is 1. The summed E-state index contributed by atoms with van der Waals surface area (Å²) >= 11 is 0. The number of aromatic nitrogens is 2. The van der Waals surface area contributed by atoms with E-state index in [1.807, 2.05) is 30.3 Å². The molecule has 0 atom stereocenters. The molecule has 0 saturated carbocycles. The van der Waals surface area contributed by atoms with Crippen LogP contribution in [0, 0.1) is 11.3 Å². The van der Waals surface area contributed by atoms with Gasteiger partial charge in [-0.05, 0) is 23.8 Å². The molecule has 4 aromatic rings. The zero-order valence-electron chi connectivity index (χ0n) is 15.9. The number of aryl methyl sites for hydroxylation is 1. The molecule has 1 N–H and O–H groups in total. The first-order valence-corrected chi connectivity index (χ1v) is 8.92. The Hall–Kier alpha value is -4.11. The molecule has 142 valence electrons. The summed E-state index contributed by atoms with van der Waals surface area (Å²) in [7, 11) is 3.06. The van der Waals surface area contributed by atoms with E-state index < -0.39 is 0 Å². The van der Waals surface area contributed by atoms with Gasteiger partial charge in [-0.15, -0.1) is 0 Å². The van der Waals surface area contributed by atoms with E-state index in [0.717, 1.165) is 5.56 Å². The van der Waals surface area contributed by atoms with Crippen molar-refractivity contribution >= 4 is 10.9 Å². The number of ether oxygens (including phenoxy) is 1. The standard InChI is InChI=1S/C23H17N3O3/c1-26-19-11-7-6-10-15(19)21(27)20(23(26)28)18-12-16(14-8-4-3-5-9-14)17(13-24)22(25-18)29-2/h3-12,27H,1-2H3. The molecule has 0 aliphatic carbocycles. The summed E-state index contributed by atoms with van der Waals surface area (Å²) in [6.45, 7) is 0. The van der Waals surface area contributed by atoms with E-state index in [2.05, 4.69) is 11.1 Å². The second kappa shape index (κ2) is 7.13. The number of para-hydroxylation sites is 1. The van der Waals surface area contributed by atoms with Gasteiger partial charge in [-0.25, -0.2) is 4.98 Å². The lowest BCUT2D eigenvalue weighted by atomic mass is 9.98. The fraction of sp³-hybridized carbons (Fsp3) is 0.0870. The van der Waals surface area contributed by atoms with Gasteiger partial charge in [0.25, 0.3) is 5.56 Å². The van der Waals surface area contributed by atoms with Crippen molar-refractivity contribution < 1.29 is 9.84 Å². The molecule has 0 aliphatic heterocycles.